The van der Waals surface area contributed by atoms with Crippen molar-refractivity contribution < 1.29 is 13.9 Å². The molecule has 0 spiro atoms. The zero-order valence-corrected chi connectivity index (χ0v) is 18.4. The van der Waals surface area contributed by atoms with Gasteiger partial charge < -0.3 is 10.1 Å². The maximum atomic E-state index is 14.0. The molecule has 2 heterocycles. The predicted octanol–water partition coefficient (Wildman–Crippen LogP) is 3.92. The number of hydrazine groups is 1. The van der Waals surface area contributed by atoms with Gasteiger partial charge in [-0.05, 0) is 68.2 Å². The number of nitrogens with zero attached hydrogens (tertiary/aromatic N) is 2. The zero-order valence-electron chi connectivity index (χ0n) is 18.4. The second-order valence-electron chi connectivity index (χ2n) is 9.08. The van der Waals surface area contributed by atoms with E-state index in [9.17, 15) is 9.18 Å². The highest BCUT2D eigenvalue weighted by molar-refractivity contribution is 5.91. The highest BCUT2D eigenvalue weighted by Crippen LogP contribution is 2.34. The van der Waals surface area contributed by atoms with Gasteiger partial charge in [0, 0.05) is 42.3 Å². The minimum Gasteiger partial charge on any atom is -0.490 e. The van der Waals surface area contributed by atoms with Crippen LogP contribution in [-0.2, 0) is 0 Å². The van der Waals surface area contributed by atoms with Crippen molar-refractivity contribution >= 4 is 11.7 Å². The van der Waals surface area contributed by atoms with Crippen LogP contribution in [0.25, 0.3) is 0 Å². The lowest BCUT2D eigenvalue weighted by atomic mass is 10.1. The summed E-state index contributed by atoms with van der Waals surface area (Å²) in [6.07, 6.45) is 7.86. The molecule has 8 heteroatoms. The normalized spacial score (nSPS) is 20.9. The summed E-state index contributed by atoms with van der Waals surface area (Å²) in [5.41, 5.74) is 11.9. The van der Waals surface area contributed by atoms with E-state index in [1.165, 1.54) is 24.5 Å². The van der Waals surface area contributed by atoms with Crippen molar-refractivity contribution in [2.24, 2.45) is 10.9 Å². The van der Waals surface area contributed by atoms with E-state index in [4.69, 9.17) is 4.74 Å². The quantitative estimate of drug-likeness (QED) is 0.381. The molecular formula is C24H30FN5O2. The number of urea groups is 1. The van der Waals surface area contributed by atoms with Crippen LogP contribution in [0.1, 0.15) is 57.1 Å². The maximum absolute atomic E-state index is 14.0. The lowest BCUT2D eigenvalue weighted by Gasteiger charge is -2.17. The Labute approximate surface area is 187 Å². The number of aliphatic imine (C=N–C) groups is 1. The highest BCUT2D eigenvalue weighted by atomic mass is 19.1. The van der Waals surface area contributed by atoms with Crippen molar-refractivity contribution in [3.8, 4) is 5.75 Å². The molecule has 1 atom stereocenters. The molecular weight excluding hydrogens is 409 g/mol. The average molecular weight is 440 g/mol. The molecule has 0 bridgehead atoms. The van der Waals surface area contributed by atoms with Gasteiger partial charge in [0.25, 0.3) is 0 Å². The number of halogens is 1. The molecule has 32 heavy (non-hydrogen) atoms. The number of hydrogen-bond acceptors (Lipinski definition) is 5. The Hall–Kier alpha value is -2.71. The Morgan fingerprint density at radius 3 is 2.97 bits per heavy atom. The van der Waals surface area contributed by atoms with Crippen LogP contribution in [0.3, 0.4) is 0 Å². The standard InChI is InChI=1S/C24H30FN5O2/c1-15(18-6-7-21(25)23(10-18)32-14-16-2-3-16)29-27-9-8-19-11-20(12-26-19)30-13-22(17-4-5-17)28-24(30)31/h6-7,10,12,15-16,27,29H,2-5,8-9,11,13-14H2,1H3,(H,28,31). The van der Waals surface area contributed by atoms with Gasteiger partial charge in [0.1, 0.15) is 0 Å². The molecule has 3 fully saturated rings. The van der Waals surface area contributed by atoms with Crippen LogP contribution >= 0.6 is 0 Å². The molecule has 7 nitrogen and oxygen atoms in total. The zero-order chi connectivity index (χ0) is 22.1. The van der Waals surface area contributed by atoms with Crippen molar-refractivity contribution in [3.63, 3.8) is 0 Å². The van der Waals surface area contributed by atoms with Gasteiger partial charge in [0.2, 0.25) is 0 Å². The number of allylic oxidation sites excluding steroid dienone is 2. The van der Waals surface area contributed by atoms with Crippen LogP contribution in [0.5, 0.6) is 5.75 Å². The fraction of sp³-hybridized carbons (Fsp3) is 0.500. The van der Waals surface area contributed by atoms with Gasteiger partial charge in [0.15, 0.2) is 11.6 Å². The van der Waals surface area contributed by atoms with Gasteiger partial charge >= 0.3 is 6.03 Å². The first-order valence-corrected chi connectivity index (χ1v) is 11.5. The Morgan fingerprint density at radius 2 is 2.19 bits per heavy atom. The highest BCUT2D eigenvalue weighted by Gasteiger charge is 2.32. The number of carbonyl (C=O) groups excluding carboxylic acids is 1. The van der Waals surface area contributed by atoms with E-state index >= 15 is 0 Å². The fourth-order valence-corrected chi connectivity index (χ4v) is 3.95. The van der Waals surface area contributed by atoms with Crippen LogP contribution in [0, 0.1) is 11.7 Å². The predicted molar refractivity (Wildman–Crippen MR) is 120 cm³/mol. The number of amides is 2. The molecule has 2 saturated carbocycles. The molecule has 3 N–H and O–H groups in total. The smallest absolute Gasteiger partial charge is 0.326 e. The molecule has 4 aliphatic rings. The number of nitrogens with one attached hydrogen (secondary N) is 3. The monoisotopic (exact) mass is 439 g/mol. The van der Waals surface area contributed by atoms with E-state index in [1.54, 1.807) is 17.0 Å². The first kappa shape index (κ1) is 21.2. The molecule has 1 saturated heterocycles. The topological polar surface area (TPSA) is 78.0 Å². The van der Waals surface area contributed by atoms with Crippen LogP contribution in [0.4, 0.5) is 9.18 Å². The molecule has 170 valence electrons. The fourth-order valence-electron chi connectivity index (χ4n) is 3.95. The van der Waals surface area contributed by atoms with E-state index in [2.05, 4.69) is 21.2 Å². The van der Waals surface area contributed by atoms with E-state index in [1.807, 2.05) is 13.1 Å². The van der Waals surface area contributed by atoms with Gasteiger partial charge in [-0.25, -0.2) is 9.18 Å². The minimum atomic E-state index is -0.316. The lowest BCUT2D eigenvalue weighted by molar-refractivity contribution is 0.227. The summed E-state index contributed by atoms with van der Waals surface area (Å²) in [7, 11) is 0. The van der Waals surface area contributed by atoms with E-state index in [0.29, 0.717) is 37.8 Å². The maximum Gasteiger partial charge on any atom is 0.326 e. The summed E-state index contributed by atoms with van der Waals surface area (Å²) >= 11 is 0. The summed E-state index contributed by atoms with van der Waals surface area (Å²) in [6.45, 7) is 3.97. The Kier molecular flexibility index (Phi) is 5.97. The van der Waals surface area contributed by atoms with Crippen molar-refractivity contribution in [3.05, 3.63) is 52.7 Å². The number of benzene rings is 1. The van der Waals surface area contributed by atoms with Crippen molar-refractivity contribution in [1.82, 2.24) is 21.1 Å². The first-order valence-electron chi connectivity index (χ1n) is 11.5. The molecule has 2 amide bonds. The molecule has 0 radical (unpaired) electrons. The van der Waals surface area contributed by atoms with Gasteiger partial charge in [-0.1, -0.05) is 6.07 Å². The summed E-state index contributed by atoms with van der Waals surface area (Å²) in [5, 5.41) is 2.98. The SMILES string of the molecule is CC(NNCCC1=NC=C(N2CC(=C3CC3)NC2=O)C1)c1ccc(F)c(OCC2CC2)c1. The minimum absolute atomic E-state index is 0.000237. The molecule has 1 aromatic carbocycles. The van der Waals surface area contributed by atoms with Crippen LogP contribution in [0.2, 0.25) is 0 Å². The largest absolute Gasteiger partial charge is 0.490 e. The number of carbonyl (C=O) groups is 1. The summed E-state index contributed by atoms with van der Waals surface area (Å²) < 4.78 is 19.7. The third-order valence-electron chi connectivity index (χ3n) is 6.36. The summed E-state index contributed by atoms with van der Waals surface area (Å²) in [4.78, 5) is 18.5. The molecule has 5 rings (SSSR count). The number of hydrogen-bond donors (Lipinski definition) is 3. The Morgan fingerprint density at radius 1 is 1.34 bits per heavy atom. The molecule has 1 aromatic rings. The van der Waals surface area contributed by atoms with Crippen LogP contribution < -0.4 is 20.9 Å². The summed E-state index contributed by atoms with van der Waals surface area (Å²) in [6, 6.07) is 4.98. The van der Waals surface area contributed by atoms with E-state index < -0.39 is 0 Å². The Bertz CT molecular complexity index is 992. The second kappa shape index (κ2) is 9.03. The number of rotatable bonds is 10. The van der Waals surface area contributed by atoms with Crippen LogP contribution in [-0.4, -0.2) is 36.3 Å². The van der Waals surface area contributed by atoms with Gasteiger partial charge in [0.05, 0.1) is 13.2 Å². The van der Waals surface area contributed by atoms with Gasteiger partial charge in [-0.3, -0.25) is 20.7 Å². The molecule has 2 aliphatic heterocycles. The Balaban J connectivity index is 1.04. The third kappa shape index (κ3) is 5.02. The molecule has 1 unspecified atom stereocenters. The molecule has 0 aromatic heterocycles. The van der Waals surface area contributed by atoms with E-state index in [-0.39, 0.29) is 17.9 Å². The van der Waals surface area contributed by atoms with Crippen molar-refractivity contribution in [1.29, 1.82) is 0 Å². The van der Waals surface area contributed by atoms with Crippen LogP contribution in [0.15, 0.2) is 46.4 Å². The lowest BCUT2D eigenvalue weighted by Crippen LogP contribution is -2.35. The number of ether oxygens (including phenoxy) is 1. The first-order chi connectivity index (χ1) is 15.6. The van der Waals surface area contributed by atoms with Gasteiger partial charge in [-0.2, -0.15) is 0 Å². The van der Waals surface area contributed by atoms with Crippen molar-refractivity contribution in [2.75, 3.05) is 19.7 Å². The second-order valence-corrected chi connectivity index (χ2v) is 9.08. The van der Waals surface area contributed by atoms with E-state index in [0.717, 1.165) is 41.9 Å². The average Bonchev–Trinajstić information content (AvgIpc) is 3.71. The van der Waals surface area contributed by atoms with Gasteiger partial charge in [-0.15, -0.1) is 0 Å². The molecule has 2 aliphatic carbocycles. The summed E-state index contributed by atoms with van der Waals surface area (Å²) in [5.74, 6) is 0.596. The van der Waals surface area contributed by atoms with Crippen molar-refractivity contribution in [2.45, 2.75) is 51.5 Å². The third-order valence-corrected chi connectivity index (χ3v) is 6.36.